The quantitative estimate of drug-likeness (QED) is 0.496. The molecule has 0 unspecified atom stereocenters. The first-order valence-electron chi connectivity index (χ1n) is 10.9. The number of nitrogens with zero attached hydrogens (tertiary/aromatic N) is 3. The molecular weight excluding hydrogens is 436 g/mol. The molecule has 4 rings (SSSR count). The number of hydrogen-bond donors (Lipinski definition) is 1. The largest absolute Gasteiger partial charge is 0.497 e. The number of ether oxygens (including phenoxy) is 3. The second-order valence-corrected chi connectivity index (χ2v) is 8.39. The number of thiocarbonyl (C=S) groups is 1. The van der Waals surface area contributed by atoms with Crippen molar-refractivity contribution in [1.29, 1.82) is 0 Å². The summed E-state index contributed by atoms with van der Waals surface area (Å²) in [5.74, 6) is 1.42. The first kappa shape index (κ1) is 23.1. The molecule has 1 fully saturated rings. The van der Waals surface area contributed by atoms with E-state index in [0.717, 1.165) is 23.7 Å². The Morgan fingerprint density at radius 1 is 1.06 bits per heavy atom. The first-order valence-corrected chi connectivity index (χ1v) is 11.3. The van der Waals surface area contributed by atoms with Gasteiger partial charge in [-0.1, -0.05) is 6.07 Å². The van der Waals surface area contributed by atoms with E-state index in [9.17, 15) is 0 Å². The van der Waals surface area contributed by atoms with Crippen molar-refractivity contribution in [2.45, 2.75) is 32.5 Å². The number of rotatable bonds is 8. The van der Waals surface area contributed by atoms with Crippen LogP contribution in [0, 0.1) is 13.8 Å². The number of hydrogen-bond acceptors (Lipinski definition) is 5. The average Bonchev–Trinajstić information content (AvgIpc) is 3.32. The Balaban J connectivity index is 1.87. The zero-order valence-electron chi connectivity index (χ0n) is 19.7. The Kier molecular flexibility index (Phi) is 6.85. The Morgan fingerprint density at radius 3 is 2.55 bits per heavy atom. The molecule has 3 aromatic rings. The summed E-state index contributed by atoms with van der Waals surface area (Å²) in [6.07, 6.45) is 1.82. The smallest absolute Gasteiger partial charge is 0.174 e. The van der Waals surface area contributed by atoms with Gasteiger partial charge in [0.15, 0.2) is 5.11 Å². The molecule has 0 radical (unpaired) electrons. The van der Waals surface area contributed by atoms with Gasteiger partial charge in [0.25, 0.3) is 0 Å². The standard InChI is InChI=1S/C25H30N4O3S/c1-16-14-19(17(2)28(16)12-13-30-3)24-23(20-8-6-7-11-26-20)27-25(33)29(24)21-10-9-18(31-4)15-22(21)32-5/h6-11,14-15,23-24H,12-13H2,1-5H3,(H,27,33)/t23-,24+/m0/s1. The number of methoxy groups -OCH3 is 3. The summed E-state index contributed by atoms with van der Waals surface area (Å²) >= 11 is 5.87. The predicted octanol–water partition coefficient (Wildman–Crippen LogP) is 4.34. The molecule has 2 aromatic heterocycles. The molecule has 0 bridgehead atoms. The molecule has 0 amide bonds. The van der Waals surface area contributed by atoms with Crippen molar-refractivity contribution in [1.82, 2.24) is 14.9 Å². The summed E-state index contributed by atoms with van der Waals surface area (Å²) in [4.78, 5) is 6.78. The minimum Gasteiger partial charge on any atom is -0.497 e. The van der Waals surface area contributed by atoms with Crippen LogP contribution in [0.5, 0.6) is 11.5 Å². The molecular formula is C25H30N4O3S. The van der Waals surface area contributed by atoms with Gasteiger partial charge >= 0.3 is 0 Å². The maximum atomic E-state index is 5.87. The molecule has 0 aliphatic carbocycles. The fourth-order valence-corrected chi connectivity index (χ4v) is 4.91. The Bertz CT molecular complexity index is 1130. The highest BCUT2D eigenvalue weighted by atomic mass is 32.1. The van der Waals surface area contributed by atoms with Gasteiger partial charge in [-0.3, -0.25) is 4.98 Å². The highest BCUT2D eigenvalue weighted by Gasteiger charge is 2.43. The SMILES string of the molecule is COCCn1c(C)cc([C@@H]2[C@H](c3ccccn3)NC(=S)N2c2ccc(OC)cc2OC)c1C. The fourth-order valence-electron chi connectivity index (χ4n) is 4.57. The van der Waals surface area contributed by atoms with Crippen molar-refractivity contribution < 1.29 is 14.2 Å². The van der Waals surface area contributed by atoms with E-state index in [1.54, 1.807) is 21.3 Å². The van der Waals surface area contributed by atoms with Crippen molar-refractivity contribution in [2.24, 2.45) is 0 Å². The van der Waals surface area contributed by atoms with Crippen molar-refractivity contribution in [3.63, 3.8) is 0 Å². The summed E-state index contributed by atoms with van der Waals surface area (Å²) in [6, 6.07) is 13.8. The van der Waals surface area contributed by atoms with E-state index in [-0.39, 0.29) is 12.1 Å². The van der Waals surface area contributed by atoms with Gasteiger partial charge in [-0.2, -0.15) is 0 Å². The Hall–Kier alpha value is -3.10. The van der Waals surface area contributed by atoms with Crippen LogP contribution in [-0.2, 0) is 11.3 Å². The summed E-state index contributed by atoms with van der Waals surface area (Å²) < 4.78 is 18.8. The van der Waals surface area contributed by atoms with Gasteiger partial charge in [-0.25, -0.2) is 0 Å². The number of aromatic nitrogens is 2. The topological polar surface area (TPSA) is 60.8 Å². The summed E-state index contributed by atoms with van der Waals surface area (Å²) in [5, 5.41) is 4.15. The van der Waals surface area contributed by atoms with Crippen LogP contribution in [0.3, 0.4) is 0 Å². The minimum absolute atomic E-state index is 0.114. The zero-order chi connectivity index (χ0) is 23.5. The van der Waals surface area contributed by atoms with Crippen LogP contribution in [0.1, 0.15) is 34.7 Å². The van der Waals surface area contributed by atoms with E-state index in [1.165, 1.54) is 17.0 Å². The number of nitrogens with one attached hydrogen (secondary N) is 1. The lowest BCUT2D eigenvalue weighted by molar-refractivity contribution is 0.186. The number of anilines is 1. The van der Waals surface area contributed by atoms with E-state index >= 15 is 0 Å². The number of benzene rings is 1. The summed E-state index contributed by atoms with van der Waals surface area (Å²) in [6.45, 7) is 5.72. The van der Waals surface area contributed by atoms with Crippen LogP contribution >= 0.6 is 12.2 Å². The van der Waals surface area contributed by atoms with E-state index in [1.807, 2.05) is 42.6 Å². The van der Waals surface area contributed by atoms with Gasteiger partial charge in [0.1, 0.15) is 11.5 Å². The molecule has 1 aliphatic heterocycles. The third kappa shape index (κ3) is 4.28. The Labute approximate surface area is 200 Å². The predicted molar refractivity (Wildman–Crippen MR) is 133 cm³/mol. The molecule has 8 heteroatoms. The monoisotopic (exact) mass is 466 g/mol. The molecule has 174 valence electrons. The fraction of sp³-hybridized carbons (Fsp3) is 0.360. The van der Waals surface area contributed by atoms with E-state index in [4.69, 9.17) is 26.4 Å². The molecule has 1 aromatic carbocycles. The minimum atomic E-state index is -0.123. The van der Waals surface area contributed by atoms with Crippen molar-refractivity contribution >= 4 is 23.0 Å². The molecule has 2 atom stereocenters. The maximum absolute atomic E-state index is 5.87. The highest BCUT2D eigenvalue weighted by molar-refractivity contribution is 7.80. The number of aryl methyl sites for hydroxylation is 1. The van der Waals surface area contributed by atoms with Crippen LogP contribution in [0.25, 0.3) is 0 Å². The van der Waals surface area contributed by atoms with E-state index < -0.39 is 0 Å². The molecule has 1 saturated heterocycles. The van der Waals surface area contributed by atoms with Gasteiger partial charge in [0.05, 0.1) is 44.3 Å². The van der Waals surface area contributed by atoms with Crippen LogP contribution in [0.4, 0.5) is 5.69 Å². The van der Waals surface area contributed by atoms with E-state index in [2.05, 4.69) is 39.7 Å². The molecule has 7 nitrogen and oxygen atoms in total. The lowest BCUT2D eigenvalue weighted by Crippen LogP contribution is -2.30. The van der Waals surface area contributed by atoms with Crippen LogP contribution < -0.4 is 19.7 Å². The second-order valence-electron chi connectivity index (χ2n) is 8.01. The zero-order valence-corrected chi connectivity index (χ0v) is 20.5. The lowest BCUT2D eigenvalue weighted by Gasteiger charge is -2.29. The van der Waals surface area contributed by atoms with Crippen LogP contribution in [0.2, 0.25) is 0 Å². The van der Waals surface area contributed by atoms with Gasteiger partial charge in [-0.05, 0) is 62.0 Å². The second kappa shape index (κ2) is 9.80. The highest BCUT2D eigenvalue weighted by Crippen LogP contribution is 2.46. The van der Waals surface area contributed by atoms with Crippen molar-refractivity contribution in [3.05, 3.63) is 71.3 Å². The third-order valence-corrected chi connectivity index (χ3v) is 6.51. The van der Waals surface area contributed by atoms with Crippen molar-refractivity contribution in [2.75, 3.05) is 32.8 Å². The van der Waals surface area contributed by atoms with Gasteiger partial charge in [-0.15, -0.1) is 0 Å². The first-order chi connectivity index (χ1) is 16.0. The molecule has 3 heterocycles. The lowest BCUT2D eigenvalue weighted by atomic mass is 9.96. The van der Waals surface area contributed by atoms with Gasteiger partial charge < -0.3 is 29.0 Å². The maximum Gasteiger partial charge on any atom is 0.174 e. The average molecular weight is 467 g/mol. The molecule has 0 spiro atoms. The van der Waals surface area contributed by atoms with Crippen LogP contribution in [0.15, 0.2) is 48.7 Å². The van der Waals surface area contributed by atoms with Gasteiger partial charge in [0, 0.05) is 37.3 Å². The molecule has 0 saturated carbocycles. The van der Waals surface area contributed by atoms with Crippen molar-refractivity contribution in [3.8, 4) is 11.5 Å². The van der Waals surface area contributed by atoms with Crippen LogP contribution in [-0.4, -0.2) is 42.6 Å². The summed E-state index contributed by atoms with van der Waals surface area (Å²) in [7, 11) is 5.03. The molecule has 1 N–H and O–H groups in total. The molecule has 33 heavy (non-hydrogen) atoms. The third-order valence-electron chi connectivity index (χ3n) is 6.19. The van der Waals surface area contributed by atoms with Gasteiger partial charge in [0.2, 0.25) is 0 Å². The summed E-state index contributed by atoms with van der Waals surface area (Å²) in [5.41, 5.74) is 5.35. The number of pyridine rings is 1. The van der Waals surface area contributed by atoms with E-state index in [0.29, 0.717) is 17.5 Å². The molecule has 1 aliphatic rings. The Morgan fingerprint density at radius 2 is 1.88 bits per heavy atom. The normalized spacial score (nSPS) is 17.8.